The van der Waals surface area contributed by atoms with Gasteiger partial charge in [0.15, 0.2) is 0 Å². The number of nitrogens with zero attached hydrogens (tertiary/aromatic N) is 2. The molecular formula is C51H48N2. The van der Waals surface area contributed by atoms with E-state index in [4.69, 9.17) is 0 Å². The SMILES string of the molecule is Cc1ccc(-n2c3ccccc3c3cc(-c4ccc(N(c5ccc(C6=CCCC=C6)cc5)c5cccc(C)c5C5CCCCC5C)cc4)ccc32)cc1. The number of allylic oxidation sites excluding steroid dienone is 4. The Morgan fingerprint density at radius 2 is 1.30 bits per heavy atom. The van der Waals surface area contributed by atoms with Crippen molar-refractivity contribution in [3.05, 3.63) is 174 Å². The minimum Gasteiger partial charge on any atom is -0.310 e. The first-order chi connectivity index (χ1) is 26.0. The van der Waals surface area contributed by atoms with Crippen LogP contribution in [-0.2, 0) is 0 Å². The number of rotatable bonds is 7. The zero-order valence-corrected chi connectivity index (χ0v) is 31.2. The van der Waals surface area contributed by atoms with Crippen molar-refractivity contribution in [1.82, 2.24) is 4.57 Å². The van der Waals surface area contributed by atoms with E-state index in [0.29, 0.717) is 11.8 Å². The van der Waals surface area contributed by atoms with Gasteiger partial charge >= 0.3 is 0 Å². The molecule has 1 saturated carbocycles. The smallest absolute Gasteiger partial charge is 0.0541 e. The van der Waals surface area contributed by atoms with Crippen LogP contribution in [0.25, 0.3) is 44.2 Å². The van der Waals surface area contributed by atoms with E-state index in [2.05, 4.69) is 182 Å². The number of hydrogen-bond acceptors (Lipinski definition) is 1. The Morgan fingerprint density at radius 3 is 2.04 bits per heavy atom. The Morgan fingerprint density at radius 1 is 0.604 bits per heavy atom. The molecule has 6 aromatic carbocycles. The summed E-state index contributed by atoms with van der Waals surface area (Å²) in [4.78, 5) is 2.51. The van der Waals surface area contributed by atoms with Gasteiger partial charge in [0.05, 0.1) is 11.0 Å². The van der Waals surface area contributed by atoms with Crippen molar-refractivity contribution in [2.75, 3.05) is 4.90 Å². The minimum absolute atomic E-state index is 0.562. The van der Waals surface area contributed by atoms with Gasteiger partial charge in [-0.3, -0.25) is 0 Å². The van der Waals surface area contributed by atoms with Gasteiger partial charge in [-0.15, -0.1) is 0 Å². The summed E-state index contributed by atoms with van der Waals surface area (Å²) in [6, 6.07) is 50.1. The highest BCUT2D eigenvalue weighted by Crippen LogP contribution is 2.47. The number of aromatic nitrogens is 1. The highest BCUT2D eigenvalue weighted by atomic mass is 15.1. The zero-order valence-electron chi connectivity index (χ0n) is 31.2. The molecule has 1 aromatic heterocycles. The molecule has 0 bridgehead atoms. The van der Waals surface area contributed by atoms with E-state index in [9.17, 15) is 0 Å². The minimum atomic E-state index is 0.562. The molecule has 53 heavy (non-hydrogen) atoms. The molecule has 262 valence electrons. The van der Waals surface area contributed by atoms with Crippen LogP contribution in [0.15, 0.2) is 152 Å². The van der Waals surface area contributed by atoms with Crippen molar-refractivity contribution in [1.29, 1.82) is 0 Å². The van der Waals surface area contributed by atoms with E-state index in [1.165, 1.54) is 109 Å². The average Bonchev–Trinajstić information content (AvgIpc) is 3.53. The number of fused-ring (bicyclic) bond motifs is 3. The summed E-state index contributed by atoms with van der Waals surface area (Å²) in [5.74, 6) is 1.24. The maximum Gasteiger partial charge on any atom is 0.0541 e. The van der Waals surface area contributed by atoms with Gasteiger partial charge in [-0.1, -0.05) is 123 Å². The molecule has 1 heterocycles. The quantitative estimate of drug-likeness (QED) is 0.162. The predicted octanol–water partition coefficient (Wildman–Crippen LogP) is 14.6. The molecule has 2 unspecified atom stereocenters. The molecule has 7 aromatic rings. The molecule has 2 aliphatic rings. The van der Waals surface area contributed by atoms with Crippen LogP contribution in [0, 0.1) is 19.8 Å². The topological polar surface area (TPSA) is 8.17 Å². The largest absolute Gasteiger partial charge is 0.310 e. The van der Waals surface area contributed by atoms with E-state index < -0.39 is 0 Å². The van der Waals surface area contributed by atoms with Crippen LogP contribution in [0.2, 0.25) is 0 Å². The van der Waals surface area contributed by atoms with Crippen molar-refractivity contribution >= 4 is 44.4 Å². The normalized spacial score (nSPS) is 17.3. The highest BCUT2D eigenvalue weighted by Gasteiger charge is 2.29. The van der Waals surface area contributed by atoms with Crippen molar-refractivity contribution in [2.24, 2.45) is 5.92 Å². The maximum atomic E-state index is 2.51. The third-order valence-corrected chi connectivity index (χ3v) is 11.9. The molecule has 9 rings (SSSR count). The van der Waals surface area contributed by atoms with E-state index in [1.807, 2.05) is 0 Å². The summed E-state index contributed by atoms with van der Waals surface area (Å²) >= 11 is 0. The summed E-state index contributed by atoms with van der Waals surface area (Å²) in [5, 5.41) is 2.55. The van der Waals surface area contributed by atoms with Crippen LogP contribution in [-0.4, -0.2) is 4.57 Å². The molecule has 1 fully saturated rings. The van der Waals surface area contributed by atoms with Crippen molar-refractivity contribution < 1.29 is 0 Å². The number of benzene rings is 6. The third kappa shape index (κ3) is 6.21. The van der Waals surface area contributed by atoms with Gasteiger partial charge in [-0.2, -0.15) is 0 Å². The lowest BCUT2D eigenvalue weighted by atomic mass is 9.74. The summed E-state index contributed by atoms with van der Waals surface area (Å²) in [6.45, 7) is 6.93. The Bertz CT molecular complexity index is 2470. The van der Waals surface area contributed by atoms with Crippen LogP contribution < -0.4 is 4.90 Å². The number of para-hydroxylation sites is 1. The third-order valence-electron chi connectivity index (χ3n) is 11.9. The molecule has 0 amide bonds. The molecule has 2 atom stereocenters. The molecular weight excluding hydrogens is 641 g/mol. The Kier molecular flexibility index (Phi) is 8.84. The number of hydrogen-bond donors (Lipinski definition) is 0. The van der Waals surface area contributed by atoms with Crippen LogP contribution in [0.3, 0.4) is 0 Å². The van der Waals surface area contributed by atoms with Crippen molar-refractivity contribution in [3.63, 3.8) is 0 Å². The lowest BCUT2D eigenvalue weighted by molar-refractivity contribution is 0.330. The maximum absolute atomic E-state index is 2.51. The molecule has 0 N–H and O–H groups in total. The van der Waals surface area contributed by atoms with Gasteiger partial charge in [0.2, 0.25) is 0 Å². The monoisotopic (exact) mass is 688 g/mol. The average molecular weight is 689 g/mol. The predicted molar refractivity (Wildman–Crippen MR) is 227 cm³/mol. The second kappa shape index (κ2) is 14.1. The number of aryl methyl sites for hydroxylation is 2. The van der Waals surface area contributed by atoms with Gasteiger partial charge < -0.3 is 9.47 Å². The van der Waals surface area contributed by atoms with Gasteiger partial charge in [-0.25, -0.2) is 0 Å². The lowest BCUT2D eigenvalue weighted by Crippen LogP contribution is -2.20. The molecule has 0 spiro atoms. The van der Waals surface area contributed by atoms with Gasteiger partial charge in [0.25, 0.3) is 0 Å². The summed E-state index contributed by atoms with van der Waals surface area (Å²) in [7, 11) is 0. The first-order valence-corrected chi connectivity index (χ1v) is 19.6. The van der Waals surface area contributed by atoms with Gasteiger partial charge in [-0.05, 0) is 139 Å². The Balaban J connectivity index is 1.14. The molecule has 0 radical (unpaired) electrons. The van der Waals surface area contributed by atoms with Crippen LogP contribution in [0.4, 0.5) is 17.1 Å². The fourth-order valence-electron chi connectivity index (χ4n) is 9.07. The summed E-state index contributed by atoms with van der Waals surface area (Å²) in [6.07, 6.45) is 14.4. The molecule has 2 aliphatic carbocycles. The first kappa shape index (κ1) is 33.3. The van der Waals surface area contributed by atoms with Crippen molar-refractivity contribution in [3.8, 4) is 16.8 Å². The van der Waals surface area contributed by atoms with E-state index >= 15 is 0 Å². The standard InChI is InChI=1S/C51H48N2/c1-35-20-27-44(28-21-35)53-48-18-10-9-17-46(48)47-34-41(26-33-49(47)53)40-24-31-43(32-25-40)52(42-29-22-39(23-30-42)38-14-5-4-6-15-38)50-19-11-13-37(3)51(50)45-16-8-7-12-36(45)2/h5,9-11,13-15,17-34,36,45H,4,6-8,12,16H2,1-3H3. The summed E-state index contributed by atoms with van der Waals surface area (Å²) < 4.78 is 2.40. The Labute approximate surface area is 314 Å². The summed E-state index contributed by atoms with van der Waals surface area (Å²) in [5.41, 5.74) is 16.6. The highest BCUT2D eigenvalue weighted by molar-refractivity contribution is 6.10. The van der Waals surface area contributed by atoms with E-state index in [0.717, 1.165) is 12.8 Å². The van der Waals surface area contributed by atoms with E-state index in [-0.39, 0.29) is 0 Å². The second-order valence-corrected chi connectivity index (χ2v) is 15.4. The molecule has 2 heteroatoms. The van der Waals surface area contributed by atoms with E-state index in [1.54, 1.807) is 0 Å². The molecule has 0 aliphatic heterocycles. The fraction of sp³-hybridized carbons (Fsp3) is 0.216. The van der Waals surface area contributed by atoms with Crippen LogP contribution in [0.5, 0.6) is 0 Å². The molecule has 0 saturated heterocycles. The lowest BCUT2D eigenvalue weighted by Gasteiger charge is -2.35. The zero-order chi connectivity index (χ0) is 35.9. The van der Waals surface area contributed by atoms with Crippen LogP contribution >= 0.6 is 0 Å². The number of anilines is 3. The molecule has 2 nitrogen and oxygen atoms in total. The van der Waals surface area contributed by atoms with Crippen molar-refractivity contribution in [2.45, 2.75) is 65.2 Å². The second-order valence-electron chi connectivity index (χ2n) is 15.4. The first-order valence-electron chi connectivity index (χ1n) is 19.6. The Hall–Kier alpha value is -5.60. The van der Waals surface area contributed by atoms with Gasteiger partial charge in [0.1, 0.15) is 0 Å². The van der Waals surface area contributed by atoms with Gasteiger partial charge in [0, 0.05) is 33.5 Å². The van der Waals surface area contributed by atoms with Crippen LogP contribution in [0.1, 0.15) is 73.6 Å². The fourth-order valence-corrected chi connectivity index (χ4v) is 9.07.